The maximum atomic E-state index is 10.5. The van der Waals surface area contributed by atoms with Gasteiger partial charge in [0.05, 0.1) is 6.61 Å². The minimum atomic E-state index is -0.956. The van der Waals surface area contributed by atoms with Crippen molar-refractivity contribution in [3.8, 4) is 5.75 Å². The minimum absolute atomic E-state index is 0.658. The number of carboxylic acids is 1. The van der Waals surface area contributed by atoms with Crippen LogP contribution < -0.4 is 4.74 Å². The van der Waals surface area contributed by atoms with Crippen LogP contribution in [0, 0.1) is 0 Å². The Morgan fingerprint density at radius 1 is 1.28 bits per heavy atom. The van der Waals surface area contributed by atoms with E-state index in [9.17, 15) is 4.79 Å². The molecule has 4 heteroatoms. The molecule has 0 unspecified atom stereocenters. The van der Waals surface area contributed by atoms with Crippen molar-refractivity contribution in [2.45, 2.75) is 19.3 Å². The van der Waals surface area contributed by atoms with Gasteiger partial charge in [-0.25, -0.2) is 4.79 Å². The van der Waals surface area contributed by atoms with Gasteiger partial charge in [-0.2, -0.15) is 0 Å². The van der Waals surface area contributed by atoms with Crippen LogP contribution in [0.15, 0.2) is 30.3 Å². The van der Waals surface area contributed by atoms with E-state index in [-0.39, 0.29) is 0 Å². The van der Waals surface area contributed by atoms with Gasteiger partial charge in [-0.05, 0) is 31.4 Å². The third-order valence-electron chi connectivity index (χ3n) is 2.36. The number of carboxylic acid groups (broad SMARTS) is 1. The molecule has 1 aromatic rings. The second-order valence-electron chi connectivity index (χ2n) is 3.81. The van der Waals surface area contributed by atoms with Crippen LogP contribution >= 0.6 is 15.9 Å². The molecule has 3 nitrogen and oxygen atoms in total. The maximum Gasteiger partial charge on any atom is 0.328 e. The summed E-state index contributed by atoms with van der Waals surface area (Å²) >= 11 is 3.39. The van der Waals surface area contributed by atoms with E-state index in [0.29, 0.717) is 6.61 Å². The first kappa shape index (κ1) is 14.8. The molecule has 0 atom stereocenters. The molecule has 0 fully saturated rings. The largest absolute Gasteiger partial charge is 0.493 e. The average molecular weight is 313 g/mol. The molecule has 0 spiro atoms. The Bertz CT molecular complexity index is 402. The molecule has 18 heavy (non-hydrogen) atoms. The third-order valence-corrected chi connectivity index (χ3v) is 2.92. The van der Waals surface area contributed by atoms with Crippen LogP contribution in [0.4, 0.5) is 0 Å². The number of hydrogen-bond donors (Lipinski definition) is 1. The van der Waals surface area contributed by atoms with Crippen LogP contribution in [0.2, 0.25) is 0 Å². The Kier molecular flexibility index (Phi) is 7.18. The highest BCUT2D eigenvalue weighted by molar-refractivity contribution is 9.09. The Balaban J connectivity index is 2.51. The Labute approximate surface area is 116 Å². The van der Waals surface area contributed by atoms with Gasteiger partial charge in [-0.3, -0.25) is 0 Å². The summed E-state index contributed by atoms with van der Waals surface area (Å²) in [5, 5.41) is 9.63. The average Bonchev–Trinajstić information content (AvgIpc) is 2.37. The Morgan fingerprint density at radius 3 is 2.78 bits per heavy atom. The predicted molar refractivity (Wildman–Crippen MR) is 76.3 cm³/mol. The SMILES string of the molecule is O=C(O)/C=C/c1ccccc1OCCCCCBr. The number of carbonyl (C=O) groups is 1. The maximum absolute atomic E-state index is 10.5. The molecule has 0 saturated carbocycles. The fourth-order valence-electron chi connectivity index (χ4n) is 1.47. The highest BCUT2D eigenvalue weighted by atomic mass is 79.9. The smallest absolute Gasteiger partial charge is 0.328 e. The molecular weight excluding hydrogens is 296 g/mol. The first-order valence-corrected chi connectivity index (χ1v) is 7.05. The lowest BCUT2D eigenvalue weighted by Gasteiger charge is -2.08. The second-order valence-corrected chi connectivity index (χ2v) is 4.60. The third kappa shape index (κ3) is 5.87. The fraction of sp³-hybridized carbons (Fsp3) is 0.357. The summed E-state index contributed by atoms with van der Waals surface area (Å²) in [5.41, 5.74) is 0.792. The van der Waals surface area contributed by atoms with E-state index in [4.69, 9.17) is 9.84 Å². The zero-order valence-electron chi connectivity index (χ0n) is 10.1. The number of alkyl halides is 1. The normalized spacial score (nSPS) is 10.7. The zero-order valence-corrected chi connectivity index (χ0v) is 11.7. The molecular formula is C14H17BrO3. The lowest BCUT2D eigenvalue weighted by atomic mass is 10.2. The minimum Gasteiger partial charge on any atom is -0.493 e. The fourth-order valence-corrected chi connectivity index (χ4v) is 1.86. The van der Waals surface area contributed by atoms with Crippen LogP contribution in [-0.4, -0.2) is 23.0 Å². The Morgan fingerprint density at radius 2 is 2.06 bits per heavy atom. The number of halogens is 1. The van der Waals surface area contributed by atoms with Crippen molar-refractivity contribution in [3.05, 3.63) is 35.9 Å². The summed E-state index contributed by atoms with van der Waals surface area (Å²) < 4.78 is 5.66. The van der Waals surface area contributed by atoms with Crippen LogP contribution in [0.25, 0.3) is 6.08 Å². The topological polar surface area (TPSA) is 46.5 Å². The van der Waals surface area contributed by atoms with Gasteiger partial charge in [0.2, 0.25) is 0 Å². The lowest BCUT2D eigenvalue weighted by molar-refractivity contribution is -0.131. The van der Waals surface area contributed by atoms with E-state index < -0.39 is 5.97 Å². The summed E-state index contributed by atoms with van der Waals surface area (Å²) in [6, 6.07) is 7.43. The number of unbranched alkanes of at least 4 members (excludes halogenated alkanes) is 2. The number of ether oxygens (including phenoxy) is 1. The monoisotopic (exact) mass is 312 g/mol. The number of aliphatic carboxylic acids is 1. The molecule has 1 rings (SSSR count). The molecule has 0 aromatic heterocycles. The molecule has 0 bridgehead atoms. The first-order chi connectivity index (χ1) is 8.74. The molecule has 0 aliphatic heterocycles. The molecule has 0 aliphatic rings. The Hall–Kier alpha value is -1.29. The van der Waals surface area contributed by atoms with Crippen molar-refractivity contribution >= 4 is 28.0 Å². The van der Waals surface area contributed by atoms with E-state index in [1.807, 2.05) is 24.3 Å². The van der Waals surface area contributed by atoms with E-state index in [2.05, 4.69) is 15.9 Å². The van der Waals surface area contributed by atoms with Crippen molar-refractivity contribution in [1.82, 2.24) is 0 Å². The van der Waals surface area contributed by atoms with E-state index >= 15 is 0 Å². The number of para-hydroxylation sites is 1. The molecule has 1 aromatic carbocycles. The van der Waals surface area contributed by atoms with Gasteiger partial charge in [0.25, 0.3) is 0 Å². The van der Waals surface area contributed by atoms with Gasteiger partial charge in [0.1, 0.15) is 5.75 Å². The lowest BCUT2D eigenvalue weighted by Crippen LogP contribution is -1.99. The molecule has 98 valence electrons. The van der Waals surface area contributed by atoms with Gasteiger partial charge in [0, 0.05) is 17.0 Å². The second kappa shape index (κ2) is 8.75. The molecule has 0 heterocycles. The van der Waals surface area contributed by atoms with E-state index in [0.717, 1.165) is 42.0 Å². The highest BCUT2D eigenvalue weighted by Gasteiger charge is 2.00. The van der Waals surface area contributed by atoms with Crippen molar-refractivity contribution < 1.29 is 14.6 Å². The summed E-state index contributed by atoms with van der Waals surface area (Å²) in [4.78, 5) is 10.5. The van der Waals surface area contributed by atoms with Gasteiger partial charge >= 0.3 is 5.97 Å². The van der Waals surface area contributed by atoms with Gasteiger partial charge in [0.15, 0.2) is 0 Å². The number of hydrogen-bond acceptors (Lipinski definition) is 2. The number of rotatable bonds is 8. The predicted octanol–water partition coefficient (Wildman–Crippen LogP) is 3.73. The summed E-state index contributed by atoms with van der Waals surface area (Å²) in [7, 11) is 0. The van der Waals surface area contributed by atoms with Gasteiger partial charge in [-0.15, -0.1) is 0 Å². The molecule has 0 amide bonds. The van der Waals surface area contributed by atoms with Crippen molar-refractivity contribution in [1.29, 1.82) is 0 Å². The number of benzene rings is 1. The first-order valence-electron chi connectivity index (χ1n) is 5.93. The van der Waals surface area contributed by atoms with Crippen molar-refractivity contribution in [2.75, 3.05) is 11.9 Å². The van der Waals surface area contributed by atoms with Crippen LogP contribution in [0.3, 0.4) is 0 Å². The summed E-state index contributed by atoms with van der Waals surface area (Å²) in [6.45, 7) is 0.658. The van der Waals surface area contributed by atoms with Crippen LogP contribution in [-0.2, 0) is 4.79 Å². The summed E-state index contributed by atoms with van der Waals surface area (Å²) in [6.07, 6.45) is 5.94. The van der Waals surface area contributed by atoms with E-state index in [1.165, 1.54) is 0 Å². The highest BCUT2D eigenvalue weighted by Crippen LogP contribution is 2.19. The summed E-state index contributed by atoms with van der Waals surface area (Å²) in [5.74, 6) is -0.226. The van der Waals surface area contributed by atoms with Crippen LogP contribution in [0.5, 0.6) is 5.75 Å². The van der Waals surface area contributed by atoms with E-state index in [1.54, 1.807) is 6.08 Å². The molecule has 0 radical (unpaired) electrons. The standard InChI is InChI=1S/C14H17BrO3/c15-10-4-1-5-11-18-13-7-3-2-6-12(13)8-9-14(16)17/h2-3,6-9H,1,4-5,10-11H2,(H,16,17)/b9-8+. The van der Waals surface area contributed by atoms with Crippen molar-refractivity contribution in [2.24, 2.45) is 0 Å². The molecule has 0 aliphatic carbocycles. The van der Waals surface area contributed by atoms with Gasteiger partial charge < -0.3 is 9.84 Å². The molecule has 0 saturated heterocycles. The zero-order chi connectivity index (χ0) is 13.2. The molecule has 1 N–H and O–H groups in total. The quantitative estimate of drug-likeness (QED) is 0.452. The van der Waals surface area contributed by atoms with Crippen LogP contribution in [0.1, 0.15) is 24.8 Å². The van der Waals surface area contributed by atoms with Crippen molar-refractivity contribution in [3.63, 3.8) is 0 Å². The van der Waals surface area contributed by atoms with Gasteiger partial charge in [-0.1, -0.05) is 34.1 Å².